The number of hydrogen-bond donors (Lipinski definition) is 1. The summed E-state index contributed by atoms with van der Waals surface area (Å²) in [7, 11) is 0. The summed E-state index contributed by atoms with van der Waals surface area (Å²) in [5, 5.41) is 14.2. The number of nitro benzene ring substituents is 1. The van der Waals surface area contributed by atoms with Crippen molar-refractivity contribution < 1.29 is 18.1 Å². The highest BCUT2D eigenvalue weighted by Gasteiger charge is 2.34. The third kappa shape index (κ3) is 3.35. The van der Waals surface area contributed by atoms with Gasteiger partial charge in [0.2, 0.25) is 0 Å². The van der Waals surface area contributed by atoms with E-state index in [4.69, 9.17) is 0 Å². The molecule has 2 rings (SSSR count). The number of alkyl halides is 3. The van der Waals surface area contributed by atoms with Crippen molar-refractivity contribution in [3.63, 3.8) is 0 Å². The topological polar surface area (TPSA) is 61.0 Å². The molecule has 0 saturated carbocycles. The molecule has 0 spiro atoms. The Morgan fingerprint density at radius 3 is 2.52 bits per heavy atom. The fourth-order valence-electron chi connectivity index (χ4n) is 1.86. The van der Waals surface area contributed by atoms with E-state index in [0.717, 1.165) is 10.7 Å². The van der Waals surface area contributed by atoms with E-state index >= 15 is 0 Å². The highest BCUT2D eigenvalue weighted by Crippen LogP contribution is 2.29. The first kappa shape index (κ1) is 15.4. The van der Waals surface area contributed by atoms with Crippen LogP contribution in [0.1, 0.15) is 16.8 Å². The number of thiol groups is 1. The molecule has 0 aliphatic carbocycles. The Morgan fingerprint density at radius 2 is 2.05 bits per heavy atom. The van der Waals surface area contributed by atoms with E-state index in [9.17, 15) is 23.3 Å². The maximum atomic E-state index is 12.5. The largest absolute Gasteiger partial charge is 0.435 e. The lowest BCUT2D eigenvalue weighted by Crippen LogP contribution is -2.09. The molecule has 1 aromatic heterocycles. The Balaban J connectivity index is 2.29. The van der Waals surface area contributed by atoms with Crippen molar-refractivity contribution in [3.8, 4) is 0 Å². The van der Waals surface area contributed by atoms with E-state index in [1.165, 1.54) is 12.1 Å². The Labute approximate surface area is 122 Å². The van der Waals surface area contributed by atoms with Crippen LogP contribution in [0.2, 0.25) is 0 Å². The van der Waals surface area contributed by atoms with Crippen molar-refractivity contribution in [2.75, 3.05) is 0 Å². The number of aryl methyl sites for hydroxylation is 1. The molecule has 112 valence electrons. The van der Waals surface area contributed by atoms with E-state index in [1.807, 2.05) is 0 Å². The van der Waals surface area contributed by atoms with Crippen LogP contribution < -0.4 is 0 Å². The molecule has 0 N–H and O–H groups in total. The van der Waals surface area contributed by atoms with Crippen LogP contribution in [0.5, 0.6) is 0 Å². The minimum Gasteiger partial charge on any atom is -0.258 e. The summed E-state index contributed by atoms with van der Waals surface area (Å²) >= 11 is 3.95. The molecule has 0 bridgehead atoms. The van der Waals surface area contributed by atoms with Crippen molar-refractivity contribution in [1.29, 1.82) is 0 Å². The number of nitro groups is 1. The van der Waals surface area contributed by atoms with Crippen molar-refractivity contribution in [2.45, 2.75) is 24.7 Å². The highest BCUT2D eigenvalue weighted by atomic mass is 32.1. The number of rotatable bonds is 3. The first-order valence-electron chi connectivity index (χ1n) is 5.76. The lowest BCUT2D eigenvalue weighted by atomic mass is 10.1. The summed E-state index contributed by atoms with van der Waals surface area (Å²) in [5.41, 5.74) is -0.0286. The van der Waals surface area contributed by atoms with Gasteiger partial charge < -0.3 is 0 Å². The molecule has 0 aliphatic rings. The zero-order chi connectivity index (χ0) is 15.8. The fraction of sp³-hybridized carbons (Fsp3) is 0.250. The predicted octanol–water partition coefficient (Wildman–Crippen LogP) is 3.46. The van der Waals surface area contributed by atoms with Crippen LogP contribution in [-0.4, -0.2) is 14.7 Å². The third-order valence-electron chi connectivity index (χ3n) is 2.84. The van der Waals surface area contributed by atoms with Gasteiger partial charge in [0.15, 0.2) is 5.69 Å². The van der Waals surface area contributed by atoms with Gasteiger partial charge in [-0.1, -0.05) is 6.07 Å². The summed E-state index contributed by atoms with van der Waals surface area (Å²) < 4.78 is 38.7. The molecule has 0 fully saturated rings. The van der Waals surface area contributed by atoms with Crippen LogP contribution in [0.25, 0.3) is 0 Å². The van der Waals surface area contributed by atoms with E-state index in [1.54, 1.807) is 13.0 Å². The maximum absolute atomic E-state index is 12.5. The van der Waals surface area contributed by atoms with Crippen LogP contribution in [0.15, 0.2) is 29.3 Å². The zero-order valence-corrected chi connectivity index (χ0v) is 11.7. The van der Waals surface area contributed by atoms with Crippen molar-refractivity contribution >= 4 is 18.3 Å². The fourth-order valence-corrected chi connectivity index (χ4v) is 2.09. The quantitative estimate of drug-likeness (QED) is 0.536. The number of nitrogens with zero attached hydrogens (tertiary/aromatic N) is 3. The van der Waals surface area contributed by atoms with Crippen molar-refractivity contribution in [3.05, 3.63) is 51.2 Å². The lowest BCUT2D eigenvalue weighted by Gasteiger charge is -2.06. The SMILES string of the molecule is Cc1cc(Cn2nc(C(F)(F)F)cc2S)ccc1[N+](=O)[O-]. The van der Waals surface area contributed by atoms with E-state index in [-0.39, 0.29) is 17.3 Å². The molecular formula is C12H10F3N3O2S. The molecule has 0 amide bonds. The monoisotopic (exact) mass is 317 g/mol. The van der Waals surface area contributed by atoms with Gasteiger partial charge in [-0.15, -0.1) is 12.6 Å². The van der Waals surface area contributed by atoms with E-state index in [2.05, 4.69) is 17.7 Å². The molecule has 0 aliphatic heterocycles. The van der Waals surface area contributed by atoms with Crippen LogP contribution in [0.4, 0.5) is 18.9 Å². The average molecular weight is 317 g/mol. The Bertz CT molecular complexity index is 698. The first-order chi connectivity index (χ1) is 9.68. The normalized spacial score (nSPS) is 11.7. The third-order valence-corrected chi connectivity index (χ3v) is 3.20. The molecule has 1 heterocycles. The molecule has 0 atom stereocenters. The minimum atomic E-state index is -4.53. The number of benzene rings is 1. The predicted molar refractivity (Wildman–Crippen MR) is 71.4 cm³/mol. The lowest BCUT2D eigenvalue weighted by molar-refractivity contribution is -0.385. The van der Waals surface area contributed by atoms with Crippen LogP contribution in [0, 0.1) is 17.0 Å². The standard InChI is InChI=1S/C12H10F3N3O2S/c1-7-4-8(2-3-9(7)18(19)20)6-17-11(21)5-10(16-17)12(13,14)15/h2-5,21H,6H2,1H3. The summed E-state index contributed by atoms with van der Waals surface area (Å²) in [6.07, 6.45) is -4.53. The maximum Gasteiger partial charge on any atom is 0.435 e. The molecule has 1 aromatic carbocycles. The highest BCUT2D eigenvalue weighted by molar-refractivity contribution is 7.80. The van der Waals surface area contributed by atoms with Gasteiger partial charge in [-0.05, 0) is 18.6 Å². The number of halogens is 3. The van der Waals surface area contributed by atoms with Crippen LogP contribution >= 0.6 is 12.6 Å². The van der Waals surface area contributed by atoms with E-state index in [0.29, 0.717) is 11.1 Å². The smallest absolute Gasteiger partial charge is 0.258 e. The molecule has 21 heavy (non-hydrogen) atoms. The molecule has 0 radical (unpaired) electrons. The summed E-state index contributed by atoms with van der Waals surface area (Å²) in [4.78, 5) is 10.2. The van der Waals surface area contributed by atoms with Gasteiger partial charge in [0.25, 0.3) is 5.69 Å². The van der Waals surface area contributed by atoms with Gasteiger partial charge >= 0.3 is 6.18 Å². The van der Waals surface area contributed by atoms with Crippen LogP contribution in [0.3, 0.4) is 0 Å². The van der Waals surface area contributed by atoms with Gasteiger partial charge in [0, 0.05) is 17.7 Å². The van der Waals surface area contributed by atoms with Crippen molar-refractivity contribution in [1.82, 2.24) is 9.78 Å². The Hall–Kier alpha value is -2.03. The molecule has 5 nitrogen and oxygen atoms in total. The van der Waals surface area contributed by atoms with Gasteiger partial charge in [-0.25, -0.2) is 0 Å². The molecule has 9 heteroatoms. The summed E-state index contributed by atoms with van der Waals surface area (Å²) in [6.45, 7) is 1.61. The van der Waals surface area contributed by atoms with Gasteiger partial charge in [0.1, 0.15) is 0 Å². The zero-order valence-electron chi connectivity index (χ0n) is 10.8. The Morgan fingerprint density at radius 1 is 1.38 bits per heavy atom. The van der Waals surface area contributed by atoms with Crippen molar-refractivity contribution in [2.24, 2.45) is 0 Å². The second kappa shape index (κ2) is 5.40. The van der Waals surface area contributed by atoms with Gasteiger partial charge in [-0.2, -0.15) is 18.3 Å². The van der Waals surface area contributed by atoms with E-state index < -0.39 is 16.8 Å². The first-order valence-corrected chi connectivity index (χ1v) is 6.21. The second-order valence-electron chi connectivity index (χ2n) is 4.42. The average Bonchev–Trinajstić information content (AvgIpc) is 2.70. The molecular weight excluding hydrogens is 307 g/mol. The van der Waals surface area contributed by atoms with Gasteiger partial charge in [0.05, 0.1) is 16.5 Å². The summed E-state index contributed by atoms with van der Waals surface area (Å²) in [5.74, 6) is 0. The second-order valence-corrected chi connectivity index (χ2v) is 4.88. The van der Waals surface area contributed by atoms with Crippen LogP contribution in [-0.2, 0) is 12.7 Å². The minimum absolute atomic E-state index is 0.0405. The molecule has 0 unspecified atom stereocenters. The number of hydrogen-bond acceptors (Lipinski definition) is 4. The number of aromatic nitrogens is 2. The summed E-state index contributed by atoms with van der Waals surface area (Å²) in [6, 6.07) is 5.17. The van der Waals surface area contributed by atoms with Gasteiger partial charge in [-0.3, -0.25) is 14.8 Å². The Kier molecular flexibility index (Phi) is 3.95. The molecule has 2 aromatic rings. The molecule has 0 saturated heterocycles.